The van der Waals surface area contributed by atoms with Crippen molar-refractivity contribution in [1.82, 2.24) is 15.0 Å². The third-order valence-corrected chi connectivity index (χ3v) is 3.89. The molecule has 3 rings (SSSR count). The second-order valence-electron chi connectivity index (χ2n) is 4.04. The first-order valence-corrected chi connectivity index (χ1v) is 7.20. The molecule has 2 aromatic heterocycles. The summed E-state index contributed by atoms with van der Waals surface area (Å²) in [6.45, 7) is 1.70. The maximum Gasteiger partial charge on any atom is 0.264 e. The zero-order chi connectivity index (χ0) is 14.2. The normalized spacial score (nSPS) is 11.7. The predicted octanol–water partition coefficient (Wildman–Crippen LogP) is 1.73. The number of benzene rings is 1. The summed E-state index contributed by atoms with van der Waals surface area (Å²) in [7, 11) is -3.76. The molecule has 0 atom stereocenters. The Balaban J connectivity index is 2.00. The van der Waals surface area contributed by atoms with Crippen LogP contribution in [0.3, 0.4) is 0 Å². The third-order valence-electron chi connectivity index (χ3n) is 2.57. The van der Waals surface area contributed by atoms with E-state index in [1.165, 1.54) is 24.5 Å². The van der Waals surface area contributed by atoms with Gasteiger partial charge in [0.25, 0.3) is 10.0 Å². The lowest BCUT2D eigenvalue weighted by molar-refractivity contribution is 0.559. The molecule has 0 bridgehead atoms. The van der Waals surface area contributed by atoms with Crippen molar-refractivity contribution >= 4 is 27.1 Å². The van der Waals surface area contributed by atoms with Gasteiger partial charge in [-0.1, -0.05) is 0 Å². The number of sulfonamides is 1. The number of aromatic nitrogens is 3. The van der Waals surface area contributed by atoms with E-state index in [1.54, 1.807) is 19.1 Å². The average Bonchev–Trinajstić information content (AvgIpc) is 2.78. The molecule has 1 N–H and O–H groups in total. The highest BCUT2D eigenvalue weighted by atomic mass is 32.2. The number of hydrogen-bond donors (Lipinski definition) is 1. The minimum atomic E-state index is -3.76. The van der Waals surface area contributed by atoms with Gasteiger partial charge in [-0.2, -0.15) is 0 Å². The van der Waals surface area contributed by atoms with E-state index < -0.39 is 10.0 Å². The number of nitrogens with one attached hydrogen (secondary N) is 1. The Labute approximate surface area is 114 Å². The first-order chi connectivity index (χ1) is 9.54. The summed E-state index contributed by atoms with van der Waals surface area (Å²) in [5, 5.41) is 0. The van der Waals surface area contributed by atoms with Crippen LogP contribution >= 0.6 is 0 Å². The molecule has 0 saturated carbocycles. The molecule has 2 heterocycles. The minimum Gasteiger partial charge on any atom is -0.441 e. The number of hydrogen-bond acceptors (Lipinski definition) is 6. The van der Waals surface area contributed by atoms with Crippen molar-refractivity contribution in [1.29, 1.82) is 0 Å². The van der Waals surface area contributed by atoms with Crippen LogP contribution in [0.15, 0.2) is 46.0 Å². The van der Waals surface area contributed by atoms with Gasteiger partial charge in [0.1, 0.15) is 5.52 Å². The highest BCUT2D eigenvalue weighted by Gasteiger charge is 2.17. The molecule has 1 aromatic carbocycles. The molecular formula is C12H10N4O3S. The van der Waals surface area contributed by atoms with Crippen LogP contribution in [-0.4, -0.2) is 23.4 Å². The number of oxazole rings is 1. The van der Waals surface area contributed by atoms with Crippen LogP contribution in [0.4, 0.5) is 5.95 Å². The van der Waals surface area contributed by atoms with Gasteiger partial charge < -0.3 is 4.42 Å². The second kappa shape index (κ2) is 4.57. The Morgan fingerprint density at radius 1 is 1.20 bits per heavy atom. The van der Waals surface area contributed by atoms with Crippen LogP contribution in [0.1, 0.15) is 5.89 Å². The molecule has 0 fully saturated rings. The van der Waals surface area contributed by atoms with Crippen LogP contribution in [0.5, 0.6) is 0 Å². The molecule has 102 valence electrons. The highest BCUT2D eigenvalue weighted by molar-refractivity contribution is 7.92. The van der Waals surface area contributed by atoms with Gasteiger partial charge in [0.15, 0.2) is 11.5 Å². The zero-order valence-electron chi connectivity index (χ0n) is 10.4. The lowest BCUT2D eigenvalue weighted by Crippen LogP contribution is -2.14. The SMILES string of the molecule is Cc1nc2ccc(S(=O)(=O)Nc3ncccn3)cc2o1. The van der Waals surface area contributed by atoms with Crippen molar-refractivity contribution in [3.05, 3.63) is 42.5 Å². The smallest absolute Gasteiger partial charge is 0.264 e. The van der Waals surface area contributed by atoms with Gasteiger partial charge >= 0.3 is 0 Å². The zero-order valence-corrected chi connectivity index (χ0v) is 11.3. The van der Waals surface area contributed by atoms with E-state index in [1.807, 2.05) is 0 Å². The maximum absolute atomic E-state index is 12.2. The van der Waals surface area contributed by atoms with E-state index in [0.29, 0.717) is 17.0 Å². The Kier molecular flexibility index (Phi) is 2.87. The molecular weight excluding hydrogens is 280 g/mol. The fourth-order valence-corrected chi connectivity index (χ4v) is 2.69. The van der Waals surface area contributed by atoms with Crippen molar-refractivity contribution in [3.63, 3.8) is 0 Å². The Bertz CT molecular complexity index is 859. The van der Waals surface area contributed by atoms with Crippen LogP contribution in [-0.2, 0) is 10.0 Å². The second-order valence-corrected chi connectivity index (χ2v) is 5.72. The molecule has 7 nitrogen and oxygen atoms in total. The van der Waals surface area contributed by atoms with Crippen molar-refractivity contribution in [2.75, 3.05) is 4.72 Å². The first kappa shape index (κ1) is 12.5. The van der Waals surface area contributed by atoms with Crippen LogP contribution in [0.2, 0.25) is 0 Å². The van der Waals surface area contributed by atoms with E-state index in [2.05, 4.69) is 19.7 Å². The van der Waals surface area contributed by atoms with Gasteiger partial charge in [-0.15, -0.1) is 0 Å². The van der Waals surface area contributed by atoms with E-state index in [0.717, 1.165) is 0 Å². The van der Waals surface area contributed by atoms with Crippen molar-refractivity contribution in [2.45, 2.75) is 11.8 Å². The molecule has 0 aliphatic rings. The van der Waals surface area contributed by atoms with Gasteiger partial charge in [0.2, 0.25) is 5.95 Å². The third kappa shape index (κ3) is 2.32. The molecule has 3 aromatic rings. The van der Waals surface area contributed by atoms with Crippen LogP contribution < -0.4 is 4.72 Å². The molecule has 0 unspecified atom stereocenters. The molecule has 20 heavy (non-hydrogen) atoms. The lowest BCUT2D eigenvalue weighted by atomic mass is 10.3. The Hall–Kier alpha value is -2.48. The largest absolute Gasteiger partial charge is 0.441 e. The van der Waals surface area contributed by atoms with Gasteiger partial charge in [-0.3, -0.25) is 0 Å². The molecule has 8 heteroatoms. The molecule has 0 aliphatic carbocycles. The number of anilines is 1. The fraction of sp³-hybridized carbons (Fsp3) is 0.0833. The van der Waals surface area contributed by atoms with Gasteiger partial charge in [-0.25, -0.2) is 28.1 Å². The fourth-order valence-electron chi connectivity index (χ4n) is 1.72. The van der Waals surface area contributed by atoms with Crippen molar-refractivity contribution < 1.29 is 12.8 Å². The van der Waals surface area contributed by atoms with E-state index in [9.17, 15) is 8.42 Å². The molecule has 0 radical (unpaired) electrons. The van der Waals surface area contributed by atoms with Gasteiger partial charge in [0.05, 0.1) is 4.90 Å². The summed E-state index contributed by atoms with van der Waals surface area (Å²) in [4.78, 5) is 11.8. The van der Waals surface area contributed by atoms with Crippen molar-refractivity contribution in [3.8, 4) is 0 Å². The monoisotopic (exact) mass is 290 g/mol. The molecule has 0 saturated heterocycles. The Morgan fingerprint density at radius 3 is 2.70 bits per heavy atom. The molecule has 0 aliphatic heterocycles. The Morgan fingerprint density at radius 2 is 1.95 bits per heavy atom. The van der Waals surface area contributed by atoms with Crippen molar-refractivity contribution in [2.24, 2.45) is 0 Å². The first-order valence-electron chi connectivity index (χ1n) is 5.72. The summed E-state index contributed by atoms with van der Waals surface area (Å²) in [6.07, 6.45) is 2.90. The number of aryl methyl sites for hydroxylation is 1. The number of nitrogens with zero attached hydrogens (tertiary/aromatic N) is 3. The summed E-state index contributed by atoms with van der Waals surface area (Å²) in [6, 6.07) is 6.06. The summed E-state index contributed by atoms with van der Waals surface area (Å²) in [5.74, 6) is 0.496. The van der Waals surface area contributed by atoms with Gasteiger partial charge in [-0.05, 0) is 18.2 Å². The quantitative estimate of drug-likeness (QED) is 0.788. The summed E-state index contributed by atoms with van der Waals surface area (Å²) in [5.41, 5.74) is 1.02. The minimum absolute atomic E-state index is 0.0151. The highest BCUT2D eigenvalue weighted by Crippen LogP contribution is 2.20. The summed E-state index contributed by atoms with van der Waals surface area (Å²) < 4.78 is 32.0. The lowest BCUT2D eigenvalue weighted by Gasteiger charge is -2.05. The summed E-state index contributed by atoms with van der Waals surface area (Å²) >= 11 is 0. The van der Waals surface area contributed by atoms with E-state index in [4.69, 9.17) is 4.42 Å². The predicted molar refractivity (Wildman–Crippen MR) is 71.6 cm³/mol. The van der Waals surface area contributed by atoms with E-state index in [-0.39, 0.29) is 10.8 Å². The standard InChI is InChI=1S/C12H10N4O3S/c1-8-15-10-4-3-9(7-11(10)19-8)20(17,18)16-12-13-5-2-6-14-12/h2-7H,1H3,(H,13,14,16). The van der Waals surface area contributed by atoms with Gasteiger partial charge in [0, 0.05) is 25.4 Å². The topological polar surface area (TPSA) is 98.0 Å². The average molecular weight is 290 g/mol. The van der Waals surface area contributed by atoms with E-state index >= 15 is 0 Å². The molecule has 0 spiro atoms. The molecule has 0 amide bonds. The van der Waals surface area contributed by atoms with Crippen LogP contribution in [0, 0.1) is 6.92 Å². The van der Waals surface area contributed by atoms with Crippen LogP contribution in [0.25, 0.3) is 11.1 Å². The maximum atomic E-state index is 12.2. The number of fused-ring (bicyclic) bond motifs is 1. The number of rotatable bonds is 3.